The van der Waals surface area contributed by atoms with Crippen molar-refractivity contribution in [1.29, 1.82) is 0 Å². The lowest BCUT2D eigenvalue weighted by Crippen LogP contribution is -2.22. The molecule has 0 saturated carbocycles. The first-order chi connectivity index (χ1) is 12.4. The van der Waals surface area contributed by atoms with Gasteiger partial charge in [0.15, 0.2) is 0 Å². The zero-order valence-electron chi connectivity index (χ0n) is 14.7. The van der Waals surface area contributed by atoms with Gasteiger partial charge >= 0.3 is 0 Å². The van der Waals surface area contributed by atoms with Crippen molar-refractivity contribution in [1.82, 2.24) is 24.5 Å². The number of aryl methyl sites for hydroxylation is 1. The third-order valence-corrected chi connectivity index (χ3v) is 6.57. The predicted molar refractivity (Wildman–Crippen MR) is 101 cm³/mol. The summed E-state index contributed by atoms with van der Waals surface area (Å²) in [7, 11) is -0.408. The zero-order chi connectivity index (χ0) is 18.7. The molecule has 3 rings (SSSR count). The normalized spacial score (nSPS) is 11.8. The van der Waals surface area contributed by atoms with Crippen molar-refractivity contribution in [3.05, 3.63) is 59.7 Å². The van der Waals surface area contributed by atoms with E-state index < -0.39 is 10.0 Å². The average Bonchev–Trinajstić information content (AvgIpc) is 3.09. The summed E-state index contributed by atoms with van der Waals surface area (Å²) in [6, 6.07) is 14.8. The highest BCUT2D eigenvalue weighted by molar-refractivity contribution is 7.98. The van der Waals surface area contributed by atoms with Crippen LogP contribution < -0.4 is 0 Å². The SMILES string of the molecule is Cc1ccc(-n2nnnc2SCc2cccc(S(=O)(=O)N(C)C)c2)cc1. The van der Waals surface area contributed by atoms with Gasteiger partial charge in [-0.05, 0) is 47.2 Å². The highest BCUT2D eigenvalue weighted by atomic mass is 32.2. The molecule has 136 valence electrons. The summed E-state index contributed by atoms with van der Waals surface area (Å²) in [6.07, 6.45) is 0. The van der Waals surface area contributed by atoms with Gasteiger partial charge in [-0.25, -0.2) is 12.7 Å². The molecule has 9 heteroatoms. The summed E-state index contributed by atoms with van der Waals surface area (Å²) in [5.41, 5.74) is 2.93. The second kappa shape index (κ2) is 7.56. The van der Waals surface area contributed by atoms with Crippen molar-refractivity contribution < 1.29 is 8.42 Å². The summed E-state index contributed by atoms with van der Waals surface area (Å²) < 4.78 is 27.4. The second-order valence-corrected chi connectivity index (χ2v) is 9.03. The van der Waals surface area contributed by atoms with Crippen molar-refractivity contribution in [2.24, 2.45) is 0 Å². The molecular weight excluding hydrogens is 370 g/mol. The maximum atomic E-state index is 12.3. The first kappa shape index (κ1) is 18.6. The Labute approximate surface area is 157 Å². The molecule has 0 aliphatic rings. The number of thioether (sulfide) groups is 1. The van der Waals surface area contributed by atoms with Crippen LogP contribution in [-0.4, -0.2) is 47.0 Å². The molecule has 0 unspecified atom stereocenters. The smallest absolute Gasteiger partial charge is 0.207 e. The van der Waals surface area contributed by atoms with Gasteiger partial charge in [0.1, 0.15) is 0 Å². The maximum absolute atomic E-state index is 12.3. The van der Waals surface area contributed by atoms with Crippen LogP contribution >= 0.6 is 11.8 Å². The van der Waals surface area contributed by atoms with Gasteiger partial charge in [0.25, 0.3) is 0 Å². The lowest BCUT2D eigenvalue weighted by molar-refractivity contribution is 0.520. The fourth-order valence-corrected chi connectivity index (χ4v) is 4.08. The van der Waals surface area contributed by atoms with Gasteiger partial charge in [0.2, 0.25) is 15.2 Å². The third kappa shape index (κ3) is 3.95. The van der Waals surface area contributed by atoms with Gasteiger partial charge in [-0.3, -0.25) is 0 Å². The van der Waals surface area contributed by atoms with E-state index in [0.717, 1.165) is 16.8 Å². The topological polar surface area (TPSA) is 81.0 Å². The lowest BCUT2D eigenvalue weighted by atomic mass is 10.2. The second-order valence-electron chi connectivity index (χ2n) is 5.93. The minimum Gasteiger partial charge on any atom is -0.207 e. The number of hydrogen-bond acceptors (Lipinski definition) is 6. The van der Waals surface area contributed by atoms with E-state index in [1.54, 1.807) is 22.9 Å². The standard InChI is InChI=1S/C17H19N5O2S2/c1-13-7-9-15(10-8-13)22-17(18-19-20-22)25-12-14-5-4-6-16(11-14)26(23,24)21(2)3/h4-11H,12H2,1-3H3. The average molecular weight is 390 g/mol. The van der Waals surface area contributed by atoms with Crippen molar-refractivity contribution >= 4 is 21.8 Å². The molecule has 1 heterocycles. The number of tetrazole rings is 1. The van der Waals surface area contributed by atoms with Crippen LogP contribution in [0, 0.1) is 6.92 Å². The maximum Gasteiger partial charge on any atom is 0.242 e. The fraction of sp³-hybridized carbons (Fsp3) is 0.235. The van der Waals surface area contributed by atoms with Crippen LogP contribution in [0.2, 0.25) is 0 Å². The Kier molecular flexibility index (Phi) is 5.40. The quantitative estimate of drug-likeness (QED) is 0.603. The summed E-state index contributed by atoms with van der Waals surface area (Å²) in [5, 5.41) is 12.5. The van der Waals surface area contributed by atoms with Crippen LogP contribution in [0.3, 0.4) is 0 Å². The van der Waals surface area contributed by atoms with Crippen molar-refractivity contribution in [2.45, 2.75) is 22.7 Å². The van der Waals surface area contributed by atoms with E-state index in [4.69, 9.17) is 0 Å². The first-order valence-corrected chi connectivity index (χ1v) is 10.3. The molecule has 0 aliphatic heterocycles. The van der Waals surface area contributed by atoms with Gasteiger partial charge in [-0.2, -0.15) is 4.68 Å². The minimum atomic E-state index is -3.45. The van der Waals surface area contributed by atoms with Crippen LogP contribution in [0.1, 0.15) is 11.1 Å². The van der Waals surface area contributed by atoms with Crippen LogP contribution in [0.25, 0.3) is 5.69 Å². The van der Waals surface area contributed by atoms with Crippen LogP contribution in [0.4, 0.5) is 0 Å². The van der Waals surface area contributed by atoms with Gasteiger partial charge in [-0.15, -0.1) is 5.10 Å². The molecule has 0 N–H and O–H groups in total. The number of rotatable bonds is 6. The highest BCUT2D eigenvalue weighted by Gasteiger charge is 2.17. The molecule has 0 amide bonds. The molecule has 0 fully saturated rings. The van der Waals surface area contributed by atoms with Gasteiger partial charge in [0.05, 0.1) is 10.6 Å². The number of hydrogen-bond donors (Lipinski definition) is 0. The van der Waals surface area contributed by atoms with Crippen LogP contribution in [-0.2, 0) is 15.8 Å². The van der Waals surface area contributed by atoms with E-state index in [-0.39, 0.29) is 4.90 Å². The Hall–Kier alpha value is -2.23. The molecule has 0 saturated heterocycles. The van der Waals surface area contributed by atoms with E-state index in [0.29, 0.717) is 10.9 Å². The van der Waals surface area contributed by atoms with Crippen LogP contribution in [0.15, 0.2) is 58.6 Å². The summed E-state index contributed by atoms with van der Waals surface area (Å²) in [5.74, 6) is 0.559. The molecule has 1 aromatic heterocycles. The fourth-order valence-electron chi connectivity index (χ4n) is 2.27. The summed E-state index contributed by atoms with van der Waals surface area (Å²) in [4.78, 5) is 0.277. The Morgan fingerprint density at radius 1 is 1.12 bits per heavy atom. The Balaban J connectivity index is 1.79. The molecule has 2 aromatic carbocycles. The van der Waals surface area contributed by atoms with Crippen molar-refractivity contribution in [2.75, 3.05) is 14.1 Å². The van der Waals surface area contributed by atoms with Gasteiger partial charge in [-0.1, -0.05) is 41.6 Å². The van der Waals surface area contributed by atoms with E-state index >= 15 is 0 Å². The van der Waals surface area contributed by atoms with Crippen molar-refractivity contribution in [3.8, 4) is 5.69 Å². The number of sulfonamides is 1. The summed E-state index contributed by atoms with van der Waals surface area (Å²) in [6.45, 7) is 2.02. The molecule has 26 heavy (non-hydrogen) atoms. The molecule has 0 bridgehead atoms. The molecule has 3 aromatic rings. The number of nitrogens with zero attached hydrogens (tertiary/aromatic N) is 5. The van der Waals surface area contributed by atoms with E-state index in [9.17, 15) is 8.42 Å². The molecule has 7 nitrogen and oxygen atoms in total. The molecule has 0 radical (unpaired) electrons. The van der Waals surface area contributed by atoms with E-state index in [1.165, 1.54) is 30.2 Å². The molecular formula is C17H19N5O2S2. The van der Waals surface area contributed by atoms with Crippen LogP contribution in [0.5, 0.6) is 0 Å². The Morgan fingerprint density at radius 2 is 1.85 bits per heavy atom. The van der Waals surface area contributed by atoms with E-state index in [1.807, 2.05) is 37.3 Å². The number of aromatic nitrogens is 4. The lowest BCUT2D eigenvalue weighted by Gasteiger charge is -2.12. The van der Waals surface area contributed by atoms with Gasteiger partial charge < -0.3 is 0 Å². The number of benzene rings is 2. The Morgan fingerprint density at radius 3 is 2.54 bits per heavy atom. The molecule has 0 atom stereocenters. The zero-order valence-corrected chi connectivity index (χ0v) is 16.3. The largest absolute Gasteiger partial charge is 0.242 e. The predicted octanol–water partition coefficient (Wildman–Crippen LogP) is 2.51. The highest BCUT2D eigenvalue weighted by Crippen LogP contribution is 2.24. The molecule has 0 aliphatic carbocycles. The minimum absolute atomic E-state index is 0.277. The Bertz CT molecular complexity index is 998. The third-order valence-electron chi connectivity index (χ3n) is 3.76. The van der Waals surface area contributed by atoms with Crippen molar-refractivity contribution in [3.63, 3.8) is 0 Å². The van der Waals surface area contributed by atoms with E-state index in [2.05, 4.69) is 15.5 Å². The first-order valence-electron chi connectivity index (χ1n) is 7.87. The monoisotopic (exact) mass is 389 g/mol. The van der Waals surface area contributed by atoms with Gasteiger partial charge in [0, 0.05) is 19.8 Å². The molecule has 0 spiro atoms. The summed E-state index contributed by atoms with van der Waals surface area (Å²) >= 11 is 1.45.